The van der Waals surface area contributed by atoms with Crippen molar-refractivity contribution in [3.63, 3.8) is 0 Å². The number of alkyl halides is 3. The number of fused-ring (bicyclic) bond motifs is 1. The van der Waals surface area contributed by atoms with E-state index >= 15 is 0 Å². The Kier molecular flexibility index (Phi) is 3.39. The highest BCUT2D eigenvalue weighted by molar-refractivity contribution is 5.81. The number of carboxylic acid groups (broad SMARTS) is 1. The summed E-state index contributed by atoms with van der Waals surface area (Å²) >= 11 is 0. The number of aliphatic carboxylic acids is 1. The molecule has 0 saturated heterocycles. The van der Waals surface area contributed by atoms with Gasteiger partial charge < -0.3 is 9.84 Å². The Labute approximate surface area is 109 Å². The van der Waals surface area contributed by atoms with Crippen LogP contribution in [0.1, 0.15) is 0 Å². The van der Waals surface area contributed by atoms with E-state index in [-0.39, 0.29) is 5.52 Å². The SMILES string of the molecule is O=C(O)Cn1c(=O)ccc2ccc(OC(F)(F)F)cc21. The second kappa shape index (κ2) is 4.87. The number of hydrogen-bond donors (Lipinski definition) is 1. The predicted molar refractivity (Wildman–Crippen MR) is 62.5 cm³/mol. The molecule has 0 aliphatic carbocycles. The van der Waals surface area contributed by atoms with Gasteiger partial charge in [-0.2, -0.15) is 0 Å². The third kappa shape index (κ3) is 3.08. The number of rotatable bonds is 3. The van der Waals surface area contributed by atoms with Gasteiger partial charge in [-0.15, -0.1) is 13.2 Å². The zero-order chi connectivity index (χ0) is 14.9. The molecule has 0 radical (unpaired) electrons. The van der Waals surface area contributed by atoms with E-state index in [1.54, 1.807) is 0 Å². The van der Waals surface area contributed by atoms with Crippen LogP contribution >= 0.6 is 0 Å². The highest BCUT2D eigenvalue weighted by atomic mass is 19.4. The first-order valence-corrected chi connectivity index (χ1v) is 5.37. The summed E-state index contributed by atoms with van der Waals surface area (Å²) in [6.45, 7) is -0.647. The van der Waals surface area contributed by atoms with Gasteiger partial charge in [0.25, 0.3) is 5.56 Å². The van der Waals surface area contributed by atoms with E-state index in [1.807, 2.05) is 0 Å². The van der Waals surface area contributed by atoms with Crippen molar-refractivity contribution in [3.05, 3.63) is 40.7 Å². The van der Waals surface area contributed by atoms with Crippen LogP contribution in [0.4, 0.5) is 13.2 Å². The monoisotopic (exact) mass is 287 g/mol. The smallest absolute Gasteiger partial charge is 0.480 e. The van der Waals surface area contributed by atoms with E-state index in [0.717, 1.165) is 22.8 Å². The van der Waals surface area contributed by atoms with Gasteiger partial charge in [0.1, 0.15) is 12.3 Å². The molecule has 106 valence electrons. The van der Waals surface area contributed by atoms with Crippen molar-refractivity contribution in [1.82, 2.24) is 4.57 Å². The lowest BCUT2D eigenvalue weighted by molar-refractivity contribution is -0.274. The lowest BCUT2D eigenvalue weighted by atomic mass is 10.2. The van der Waals surface area contributed by atoms with Crippen LogP contribution < -0.4 is 10.3 Å². The maximum Gasteiger partial charge on any atom is 0.573 e. The molecule has 0 bridgehead atoms. The molecule has 20 heavy (non-hydrogen) atoms. The van der Waals surface area contributed by atoms with Crippen LogP contribution in [0.2, 0.25) is 0 Å². The number of pyridine rings is 1. The summed E-state index contributed by atoms with van der Waals surface area (Å²) in [7, 11) is 0. The highest BCUT2D eigenvalue weighted by Gasteiger charge is 2.31. The van der Waals surface area contributed by atoms with Crippen molar-refractivity contribution in [2.24, 2.45) is 0 Å². The zero-order valence-electron chi connectivity index (χ0n) is 9.85. The van der Waals surface area contributed by atoms with E-state index in [1.165, 1.54) is 12.1 Å². The second-order valence-electron chi connectivity index (χ2n) is 3.92. The van der Waals surface area contributed by atoms with Crippen LogP contribution in [0.25, 0.3) is 10.9 Å². The zero-order valence-corrected chi connectivity index (χ0v) is 9.85. The molecule has 5 nitrogen and oxygen atoms in total. The molecule has 1 aromatic heterocycles. The van der Waals surface area contributed by atoms with Crippen LogP contribution in [-0.4, -0.2) is 22.0 Å². The minimum atomic E-state index is -4.86. The minimum Gasteiger partial charge on any atom is -0.480 e. The molecule has 2 rings (SSSR count). The molecule has 8 heteroatoms. The number of hydrogen-bond acceptors (Lipinski definition) is 3. The Balaban J connectivity index is 2.59. The molecule has 0 atom stereocenters. The van der Waals surface area contributed by atoms with Crippen LogP contribution in [-0.2, 0) is 11.3 Å². The van der Waals surface area contributed by atoms with Crippen LogP contribution in [0.15, 0.2) is 35.1 Å². The Morgan fingerprint density at radius 2 is 1.90 bits per heavy atom. The molecule has 0 spiro atoms. The number of carboxylic acids is 1. The summed E-state index contributed by atoms with van der Waals surface area (Å²) in [6, 6.07) is 5.93. The van der Waals surface area contributed by atoms with Gasteiger partial charge in [-0.1, -0.05) is 0 Å². The number of benzene rings is 1. The molecule has 1 N–H and O–H groups in total. The standard InChI is InChI=1S/C12H8F3NO4/c13-12(14,15)20-8-3-1-7-2-4-10(17)16(6-11(18)19)9(7)5-8/h1-5H,6H2,(H,18,19). The normalized spacial score (nSPS) is 11.6. The van der Waals surface area contributed by atoms with Gasteiger partial charge in [0.15, 0.2) is 0 Å². The fourth-order valence-electron chi connectivity index (χ4n) is 1.76. The summed E-state index contributed by atoms with van der Waals surface area (Å²) in [4.78, 5) is 22.3. The van der Waals surface area contributed by atoms with Gasteiger partial charge in [-0.3, -0.25) is 14.2 Å². The van der Waals surface area contributed by atoms with Gasteiger partial charge in [0, 0.05) is 12.1 Å². The quantitative estimate of drug-likeness (QED) is 0.937. The van der Waals surface area contributed by atoms with E-state index in [2.05, 4.69) is 4.74 Å². The fourth-order valence-corrected chi connectivity index (χ4v) is 1.76. The topological polar surface area (TPSA) is 68.5 Å². The molecule has 1 aromatic carbocycles. The molecular weight excluding hydrogens is 279 g/mol. The molecule has 0 saturated carbocycles. The minimum absolute atomic E-state index is 0.0571. The van der Waals surface area contributed by atoms with Gasteiger partial charge in [-0.25, -0.2) is 0 Å². The first-order valence-electron chi connectivity index (χ1n) is 5.37. The predicted octanol–water partition coefficient (Wildman–Crippen LogP) is 1.98. The molecule has 0 unspecified atom stereocenters. The maximum absolute atomic E-state index is 12.1. The molecule has 0 amide bonds. The van der Waals surface area contributed by atoms with Crippen LogP contribution in [0.5, 0.6) is 5.75 Å². The van der Waals surface area contributed by atoms with Crippen molar-refractivity contribution in [2.45, 2.75) is 12.9 Å². The fraction of sp³-hybridized carbons (Fsp3) is 0.167. The number of carbonyl (C=O) groups is 1. The summed E-state index contributed by atoms with van der Waals surface area (Å²) in [6.07, 6.45) is -4.86. The van der Waals surface area contributed by atoms with E-state index in [9.17, 15) is 22.8 Å². The van der Waals surface area contributed by atoms with Crippen molar-refractivity contribution in [1.29, 1.82) is 0 Å². The first-order chi connectivity index (χ1) is 9.26. The molecule has 0 aliphatic rings. The average Bonchev–Trinajstić information content (AvgIpc) is 2.30. The van der Waals surface area contributed by atoms with Crippen molar-refractivity contribution < 1.29 is 27.8 Å². The molecule has 0 fully saturated rings. The van der Waals surface area contributed by atoms with E-state index in [4.69, 9.17) is 5.11 Å². The Morgan fingerprint density at radius 1 is 1.25 bits per heavy atom. The van der Waals surface area contributed by atoms with Gasteiger partial charge in [0.05, 0.1) is 5.52 Å². The highest BCUT2D eigenvalue weighted by Crippen LogP contribution is 2.25. The summed E-state index contributed by atoms with van der Waals surface area (Å²) < 4.78 is 41.0. The first kappa shape index (κ1) is 13.9. The number of nitrogens with zero attached hydrogens (tertiary/aromatic N) is 1. The molecule has 2 aromatic rings. The third-order valence-electron chi connectivity index (χ3n) is 2.49. The Morgan fingerprint density at radius 3 is 2.50 bits per heavy atom. The summed E-state index contributed by atoms with van der Waals surface area (Å²) in [5.41, 5.74) is -0.564. The summed E-state index contributed by atoms with van der Waals surface area (Å²) in [5, 5.41) is 9.17. The third-order valence-corrected chi connectivity index (χ3v) is 2.49. The summed E-state index contributed by atoms with van der Waals surface area (Å²) in [5.74, 6) is -1.79. The molecule has 1 heterocycles. The van der Waals surface area contributed by atoms with E-state index in [0.29, 0.717) is 5.39 Å². The Hall–Kier alpha value is -2.51. The van der Waals surface area contributed by atoms with Crippen molar-refractivity contribution in [2.75, 3.05) is 0 Å². The average molecular weight is 287 g/mol. The Bertz CT molecular complexity index is 721. The van der Waals surface area contributed by atoms with Gasteiger partial charge in [0.2, 0.25) is 0 Å². The van der Waals surface area contributed by atoms with Gasteiger partial charge in [-0.05, 0) is 23.6 Å². The van der Waals surface area contributed by atoms with Crippen molar-refractivity contribution >= 4 is 16.9 Å². The second-order valence-corrected chi connectivity index (χ2v) is 3.92. The van der Waals surface area contributed by atoms with Gasteiger partial charge >= 0.3 is 12.3 Å². The molecular formula is C12H8F3NO4. The number of aromatic nitrogens is 1. The maximum atomic E-state index is 12.1. The van der Waals surface area contributed by atoms with E-state index < -0.39 is 30.2 Å². The lowest BCUT2D eigenvalue weighted by Crippen LogP contribution is -2.23. The van der Waals surface area contributed by atoms with Crippen LogP contribution in [0.3, 0.4) is 0 Å². The lowest BCUT2D eigenvalue weighted by Gasteiger charge is -2.12. The van der Waals surface area contributed by atoms with Crippen LogP contribution in [0, 0.1) is 0 Å². The van der Waals surface area contributed by atoms with Crippen molar-refractivity contribution in [3.8, 4) is 5.75 Å². The largest absolute Gasteiger partial charge is 0.573 e. The number of halogens is 3. The number of ether oxygens (including phenoxy) is 1. The molecule has 0 aliphatic heterocycles.